The van der Waals surface area contributed by atoms with Crippen LogP contribution in [0.25, 0.3) is 0 Å². The monoisotopic (exact) mass is 337 g/mol. The normalized spacial score (nSPS) is 13.1. The number of nitrogens with zero attached hydrogens (tertiary/aromatic N) is 3. The average Bonchev–Trinajstić information content (AvgIpc) is 3.44. The van der Waals surface area contributed by atoms with Crippen LogP contribution in [0.3, 0.4) is 0 Å². The first-order chi connectivity index (χ1) is 12.0. The fourth-order valence-corrected chi connectivity index (χ4v) is 2.60. The highest BCUT2D eigenvalue weighted by Crippen LogP contribution is 2.32. The van der Waals surface area contributed by atoms with Gasteiger partial charge in [0.2, 0.25) is 0 Å². The third kappa shape index (κ3) is 3.58. The fourth-order valence-electron chi connectivity index (χ4n) is 2.60. The number of aromatic hydroxyl groups is 1. The molecule has 7 heteroatoms. The van der Waals surface area contributed by atoms with E-state index in [2.05, 4.69) is 0 Å². The topological polar surface area (TPSA) is 107 Å². The van der Waals surface area contributed by atoms with Crippen molar-refractivity contribution >= 4 is 11.6 Å². The molecule has 1 amide bonds. The smallest absolute Gasteiger partial charge is 0.273 e. The van der Waals surface area contributed by atoms with E-state index in [0.29, 0.717) is 12.1 Å². The van der Waals surface area contributed by atoms with E-state index in [4.69, 9.17) is 5.26 Å². The molecule has 1 saturated carbocycles. The van der Waals surface area contributed by atoms with Crippen LogP contribution >= 0.6 is 0 Å². The summed E-state index contributed by atoms with van der Waals surface area (Å²) in [6.45, 7) is 0.353. The highest BCUT2D eigenvalue weighted by Gasteiger charge is 2.34. The van der Waals surface area contributed by atoms with Gasteiger partial charge in [-0.15, -0.1) is 0 Å². The number of benzene rings is 2. The molecule has 25 heavy (non-hydrogen) atoms. The summed E-state index contributed by atoms with van der Waals surface area (Å²) < 4.78 is 0. The number of phenolic OH excluding ortho intramolecular Hbond substituents is 1. The Labute approximate surface area is 143 Å². The van der Waals surface area contributed by atoms with Crippen molar-refractivity contribution in [2.45, 2.75) is 25.4 Å². The minimum atomic E-state index is -0.622. The van der Waals surface area contributed by atoms with Gasteiger partial charge in [-0.1, -0.05) is 12.1 Å². The molecular weight excluding hydrogens is 322 g/mol. The van der Waals surface area contributed by atoms with Gasteiger partial charge >= 0.3 is 0 Å². The van der Waals surface area contributed by atoms with Crippen molar-refractivity contribution in [2.24, 2.45) is 0 Å². The summed E-state index contributed by atoms with van der Waals surface area (Å²) in [5, 5.41) is 29.6. The zero-order chi connectivity index (χ0) is 18.0. The number of rotatable bonds is 5. The molecule has 0 saturated heterocycles. The van der Waals surface area contributed by atoms with Crippen LogP contribution in [0.4, 0.5) is 5.69 Å². The highest BCUT2D eigenvalue weighted by molar-refractivity contribution is 5.97. The standard InChI is InChI=1S/C18H15N3O4/c19-10-12-1-3-13(4-2-12)11-20(14-5-6-14)18(23)16-8-7-15(21(24)25)9-17(16)22/h1-4,7-9,14,22H,5-6,11H2. The van der Waals surface area contributed by atoms with Crippen molar-refractivity contribution in [3.05, 3.63) is 69.3 Å². The number of nitriles is 1. The summed E-state index contributed by atoms with van der Waals surface area (Å²) in [6, 6.07) is 12.6. The van der Waals surface area contributed by atoms with Crippen LogP contribution < -0.4 is 0 Å². The van der Waals surface area contributed by atoms with E-state index < -0.39 is 10.7 Å². The lowest BCUT2D eigenvalue weighted by molar-refractivity contribution is -0.384. The predicted octanol–water partition coefficient (Wildman–Crippen LogP) is 2.98. The molecule has 0 spiro atoms. The lowest BCUT2D eigenvalue weighted by Gasteiger charge is -2.23. The molecule has 1 N–H and O–H groups in total. The molecule has 1 aliphatic rings. The first-order valence-corrected chi connectivity index (χ1v) is 7.77. The largest absolute Gasteiger partial charge is 0.507 e. The summed E-state index contributed by atoms with van der Waals surface area (Å²) in [5.41, 5.74) is 1.20. The van der Waals surface area contributed by atoms with Gasteiger partial charge in [0, 0.05) is 18.7 Å². The van der Waals surface area contributed by atoms with E-state index in [1.54, 1.807) is 29.2 Å². The molecule has 0 bridgehead atoms. The highest BCUT2D eigenvalue weighted by atomic mass is 16.6. The zero-order valence-electron chi connectivity index (χ0n) is 13.3. The maximum absolute atomic E-state index is 12.8. The average molecular weight is 337 g/mol. The number of carbonyl (C=O) groups is 1. The molecule has 0 atom stereocenters. The molecule has 2 aromatic carbocycles. The lowest BCUT2D eigenvalue weighted by atomic mass is 10.1. The third-order valence-corrected chi connectivity index (χ3v) is 4.11. The number of hydrogen-bond acceptors (Lipinski definition) is 5. The van der Waals surface area contributed by atoms with Crippen molar-refractivity contribution in [3.8, 4) is 11.8 Å². The number of phenols is 1. The van der Waals surface area contributed by atoms with Crippen molar-refractivity contribution < 1.29 is 14.8 Å². The predicted molar refractivity (Wildman–Crippen MR) is 88.8 cm³/mol. The number of carbonyl (C=O) groups excluding carboxylic acids is 1. The summed E-state index contributed by atoms with van der Waals surface area (Å²) in [6.07, 6.45) is 1.77. The van der Waals surface area contributed by atoms with E-state index in [-0.39, 0.29) is 23.2 Å². The Balaban J connectivity index is 1.84. The van der Waals surface area contributed by atoms with Gasteiger partial charge in [-0.3, -0.25) is 14.9 Å². The minimum Gasteiger partial charge on any atom is -0.507 e. The second-order valence-corrected chi connectivity index (χ2v) is 5.93. The van der Waals surface area contributed by atoms with Crippen LogP contribution in [0.2, 0.25) is 0 Å². The molecular formula is C18H15N3O4. The van der Waals surface area contributed by atoms with Gasteiger partial charge in [0.25, 0.3) is 11.6 Å². The van der Waals surface area contributed by atoms with E-state index >= 15 is 0 Å². The summed E-state index contributed by atoms with van der Waals surface area (Å²) in [7, 11) is 0. The molecule has 1 fully saturated rings. The molecule has 2 aromatic rings. The minimum absolute atomic E-state index is 0.0474. The Bertz CT molecular complexity index is 867. The first-order valence-electron chi connectivity index (χ1n) is 7.77. The molecule has 0 aromatic heterocycles. The van der Waals surface area contributed by atoms with E-state index in [9.17, 15) is 20.0 Å². The van der Waals surface area contributed by atoms with E-state index in [1.807, 2.05) is 6.07 Å². The van der Waals surface area contributed by atoms with Crippen molar-refractivity contribution in [1.82, 2.24) is 4.90 Å². The van der Waals surface area contributed by atoms with Gasteiger partial charge in [-0.05, 0) is 36.6 Å². The van der Waals surface area contributed by atoms with Gasteiger partial charge in [0.15, 0.2) is 0 Å². The second kappa shape index (κ2) is 6.61. The Kier molecular flexibility index (Phi) is 4.35. The Morgan fingerprint density at radius 1 is 1.28 bits per heavy atom. The van der Waals surface area contributed by atoms with Crippen LogP contribution in [0, 0.1) is 21.4 Å². The van der Waals surface area contributed by atoms with Gasteiger partial charge in [0.1, 0.15) is 5.75 Å². The summed E-state index contributed by atoms with van der Waals surface area (Å²) in [5.74, 6) is -0.760. The van der Waals surface area contributed by atoms with E-state index in [1.165, 1.54) is 12.1 Å². The molecule has 3 rings (SSSR count). The molecule has 7 nitrogen and oxygen atoms in total. The van der Waals surface area contributed by atoms with Crippen molar-refractivity contribution in [2.75, 3.05) is 0 Å². The van der Waals surface area contributed by atoms with Crippen LogP contribution in [0.15, 0.2) is 42.5 Å². The van der Waals surface area contributed by atoms with Gasteiger partial charge in [-0.25, -0.2) is 0 Å². The number of nitro benzene ring substituents is 1. The molecule has 0 heterocycles. The molecule has 0 aliphatic heterocycles. The number of amides is 1. The van der Waals surface area contributed by atoms with Crippen LogP contribution in [0.1, 0.15) is 34.3 Å². The maximum atomic E-state index is 12.8. The van der Waals surface area contributed by atoms with E-state index in [0.717, 1.165) is 24.5 Å². The molecule has 0 unspecified atom stereocenters. The van der Waals surface area contributed by atoms with Crippen LogP contribution in [-0.4, -0.2) is 26.9 Å². The number of hydrogen-bond donors (Lipinski definition) is 1. The van der Waals surface area contributed by atoms with Crippen molar-refractivity contribution in [1.29, 1.82) is 5.26 Å². The zero-order valence-corrected chi connectivity index (χ0v) is 13.3. The Morgan fingerprint density at radius 2 is 1.96 bits per heavy atom. The van der Waals surface area contributed by atoms with Crippen LogP contribution in [0.5, 0.6) is 5.75 Å². The molecule has 1 aliphatic carbocycles. The SMILES string of the molecule is N#Cc1ccc(CN(C(=O)c2ccc([N+](=O)[O-])cc2O)C2CC2)cc1. The number of non-ortho nitro benzene ring substituents is 1. The maximum Gasteiger partial charge on any atom is 0.273 e. The summed E-state index contributed by atoms with van der Waals surface area (Å²) >= 11 is 0. The fraction of sp³-hybridized carbons (Fsp3) is 0.222. The van der Waals surface area contributed by atoms with Crippen LogP contribution in [-0.2, 0) is 6.54 Å². The Morgan fingerprint density at radius 3 is 2.48 bits per heavy atom. The first kappa shape index (κ1) is 16.5. The summed E-state index contributed by atoms with van der Waals surface area (Å²) in [4.78, 5) is 24.6. The van der Waals surface area contributed by atoms with Crippen molar-refractivity contribution in [3.63, 3.8) is 0 Å². The third-order valence-electron chi connectivity index (χ3n) is 4.11. The Hall–Kier alpha value is -3.40. The molecule has 0 radical (unpaired) electrons. The van der Waals surface area contributed by atoms with Gasteiger partial charge in [-0.2, -0.15) is 5.26 Å². The number of nitro groups is 1. The quantitative estimate of drug-likeness (QED) is 0.666. The van der Waals surface area contributed by atoms with Gasteiger partial charge in [0.05, 0.1) is 28.2 Å². The molecule has 126 valence electrons. The lowest BCUT2D eigenvalue weighted by Crippen LogP contribution is -2.32. The second-order valence-electron chi connectivity index (χ2n) is 5.93. The van der Waals surface area contributed by atoms with Gasteiger partial charge < -0.3 is 10.0 Å².